The predicted octanol–water partition coefficient (Wildman–Crippen LogP) is 2.05. The minimum Gasteiger partial charge on any atom is -0.381 e. The van der Waals surface area contributed by atoms with E-state index in [2.05, 4.69) is 10.6 Å². The zero-order valence-electron chi connectivity index (χ0n) is 10.1. The van der Waals surface area contributed by atoms with E-state index >= 15 is 0 Å². The molecule has 1 heterocycles. The summed E-state index contributed by atoms with van der Waals surface area (Å²) in [5.41, 5.74) is 0.852. The number of rotatable bonds is 4. The van der Waals surface area contributed by atoms with Crippen molar-refractivity contribution in [2.75, 3.05) is 25.1 Å². The summed E-state index contributed by atoms with van der Waals surface area (Å²) in [4.78, 5) is 11.7. The Morgan fingerprint density at radius 3 is 2.89 bits per heavy atom. The Kier molecular flexibility index (Phi) is 4.84. The van der Waals surface area contributed by atoms with Crippen LogP contribution in [0.15, 0.2) is 24.3 Å². The van der Waals surface area contributed by atoms with Gasteiger partial charge >= 0.3 is 0 Å². The first-order valence-electron chi connectivity index (χ1n) is 6.10. The van der Waals surface area contributed by atoms with Gasteiger partial charge in [-0.3, -0.25) is 4.79 Å². The minimum absolute atomic E-state index is 0.00174. The Hall–Kier alpha value is -1.26. The van der Waals surface area contributed by atoms with Crippen LogP contribution in [0.1, 0.15) is 12.8 Å². The van der Waals surface area contributed by atoms with Gasteiger partial charge in [-0.15, -0.1) is 0 Å². The highest BCUT2D eigenvalue weighted by Gasteiger charge is 2.15. The van der Waals surface area contributed by atoms with Gasteiger partial charge in [0, 0.05) is 30.0 Å². The first-order chi connectivity index (χ1) is 8.74. The average molecular weight is 269 g/mol. The maximum atomic E-state index is 11.7. The van der Waals surface area contributed by atoms with Crippen LogP contribution in [-0.4, -0.2) is 31.7 Å². The number of halogens is 1. The van der Waals surface area contributed by atoms with Crippen LogP contribution in [0.5, 0.6) is 0 Å². The van der Waals surface area contributed by atoms with Gasteiger partial charge in [-0.2, -0.15) is 0 Å². The normalized spacial score (nSPS) is 16.3. The fourth-order valence-corrected chi connectivity index (χ4v) is 2.09. The van der Waals surface area contributed by atoms with Crippen LogP contribution in [0.25, 0.3) is 0 Å². The molecule has 5 heteroatoms. The lowest BCUT2D eigenvalue weighted by Gasteiger charge is -2.23. The molecule has 0 bridgehead atoms. The highest BCUT2D eigenvalue weighted by Crippen LogP contribution is 2.14. The third-order valence-corrected chi connectivity index (χ3v) is 3.10. The van der Waals surface area contributed by atoms with Crippen molar-refractivity contribution >= 4 is 23.2 Å². The SMILES string of the molecule is O=C(CNc1cccc(Cl)c1)NC1CCOCC1. The molecule has 2 rings (SSSR count). The maximum absolute atomic E-state index is 11.7. The van der Waals surface area contributed by atoms with Crippen molar-refractivity contribution in [3.8, 4) is 0 Å². The highest BCUT2D eigenvalue weighted by molar-refractivity contribution is 6.30. The van der Waals surface area contributed by atoms with E-state index in [1.807, 2.05) is 12.1 Å². The molecule has 4 nitrogen and oxygen atoms in total. The second-order valence-electron chi connectivity index (χ2n) is 4.32. The highest BCUT2D eigenvalue weighted by atomic mass is 35.5. The number of anilines is 1. The number of hydrogen-bond acceptors (Lipinski definition) is 3. The zero-order valence-corrected chi connectivity index (χ0v) is 10.9. The third kappa shape index (κ3) is 4.20. The topological polar surface area (TPSA) is 50.4 Å². The molecule has 0 aliphatic carbocycles. The van der Waals surface area contributed by atoms with Crippen LogP contribution in [0.4, 0.5) is 5.69 Å². The van der Waals surface area contributed by atoms with Crippen LogP contribution in [0, 0.1) is 0 Å². The molecule has 1 aliphatic heterocycles. The molecule has 1 aromatic rings. The quantitative estimate of drug-likeness (QED) is 0.879. The number of amides is 1. The first-order valence-corrected chi connectivity index (χ1v) is 6.48. The number of benzene rings is 1. The van der Waals surface area contributed by atoms with Crippen LogP contribution in [-0.2, 0) is 9.53 Å². The first kappa shape index (κ1) is 13.2. The second-order valence-corrected chi connectivity index (χ2v) is 4.75. The van der Waals surface area contributed by atoms with E-state index in [1.54, 1.807) is 12.1 Å². The summed E-state index contributed by atoms with van der Waals surface area (Å²) in [5.74, 6) is 0.00174. The number of nitrogens with one attached hydrogen (secondary N) is 2. The molecular weight excluding hydrogens is 252 g/mol. The van der Waals surface area contributed by atoms with E-state index in [1.165, 1.54) is 0 Å². The van der Waals surface area contributed by atoms with Crippen molar-refractivity contribution < 1.29 is 9.53 Å². The number of carbonyl (C=O) groups is 1. The fourth-order valence-electron chi connectivity index (χ4n) is 1.90. The Labute approximate surface area is 112 Å². The molecule has 0 radical (unpaired) electrons. The summed E-state index contributed by atoms with van der Waals surface area (Å²) in [6, 6.07) is 7.57. The van der Waals surface area contributed by atoms with Gasteiger partial charge in [0.05, 0.1) is 6.54 Å². The molecule has 1 aliphatic rings. The number of hydrogen-bond donors (Lipinski definition) is 2. The molecule has 1 amide bonds. The van der Waals surface area contributed by atoms with Gasteiger partial charge in [0.15, 0.2) is 0 Å². The van der Waals surface area contributed by atoms with Crippen LogP contribution >= 0.6 is 11.6 Å². The lowest BCUT2D eigenvalue weighted by atomic mass is 10.1. The molecule has 2 N–H and O–H groups in total. The van der Waals surface area contributed by atoms with Crippen LogP contribution in [0.3, 0.4) is 0 Å². The summed E-state index contributed by atoms with van der Waals surface area (Å²) >= 11 is 5.86. The van der Waals surface area contributed by atoms with Gasteiger partial charge in [0.25, 0.3) is 0 Å². The fraction of sp³-hybridized carbons (Fsp3) is 0.462. The molecular formula is C13H17ClN2O2. The van der Waals surface area contributed by atoms with E-state index in [-0.39, 0.29) is 18.5 Å². The van der Waals surface area contributed by atoms with Crippen molar-refractivity contribution in [1.29, 1.82) is 0 Å². The molecule has 0 aromatic heterocycles. The maximum Gasteiger partial charge on any atom is 0.239 e. The minimum atomic E-state index is 0.00174. The van der Waals surface area contributed by atoms with Crippen molar-refractivity contribution in [3.05, 3.63) is 29.3 Å². The Morgan fingerprint density at radius 1 is 1.39 bits per heavy atom. The van der Waals surface area contributed by atoms with Crippen molar-refractivity contribution in [3.63, 3.8) is 0 Å². The lowest BCUT2D eigenvalue weighted by Crippen LogP contribution is -2.41. The Bertz CT molecular complexity index is 406. The average Bonchev–Trinajstić information content (AvgIpc) is 2.38. The number of carbonyl (C=O) groups excluding carboxylic acids is 1. The molecule has 0 unspecified atom stereocenters. The van der Waals surface area contributed by atoms with E-state index in [0.717, 1.165) is 31.7 Å². The van der Waals surface area contributed by atoms with Gasteiger partial charge in [-0.25, -0.2) is 0 Å². The lowest BCUT2D eigenvalue weighted by molar-refractivity contribution is -0.120. The summed E-state index contributed by atoms with van der Waals surface area (Å²) in [7, 11) is 0. The van der Waals surface area contributed by atoms with E-state index < -0.39 is 0 Å². The largest absolute Gasteiger partial charge is 0.381 e. The molecule has 0 spiro atoms. The van der Waals surface area contributed by atoms with Gasteiger partial charge in [-0.05, 0) is 31.0 Å². The second kappa shape index (κ2) is 6.61. The zero-order chi connectivity index (χ0) is 12.8. The van der Waals surface area contributed by atoms with E-state index in [9.17, 15) is 4.79 Å². The van der Waals surface area contributed by atoms with Gasteiger partial charge < -0.3 is 15.4 Å². The van der Waals surface area contributed by atoms with Gasteiger partial charge in [0.2, 0.25) is 5.91 Å². The molecule has 1 fully saturated rings. The number of ether oxygens (including phenoxy) is 1. The van der Waals surface area contributed by atoms with Gasteiger partial charge in [-0.1, -0.05) is 17.7 Å². The summed E-state index contributed by atoms with van der Waals surface area (Å²) < 4.78 is 5.24. The van der Waals surface area contributed by atoms with Gasteiger partial charge in [0.1, 0.15) is 0 Å². The molecule has 1 aromatic carbocycles. The molecule has 18 heavy (non-hydrogen) atoms. The Morgan fingerprint density at radius 2 is 2.17 bits per heavy atom. The molecule has 98 valence electrons. The smallest absolute Gasteiger partial charge is 0.239 e. The summed E-state index contributed by atoms with van der Waals surface area (Å²) in [6.45, 7) is 1.72. The van der Waals surface area contributed by atoms with E-state index in [0.29, 0.717) is 5.02 Å². The van der Waals surface area contributed by atoms with Crippen molar-refractivity contribution in [2.24, 2.45) is 0 Å². The van der Waals surface area contributed by atoms with E-state index in [4.69, 9.17) is 16.3 Å². The third-order valence-electron chi connectivity index (χ3n) is 2.86. The molecule has 0 atom stereocenters. The van der Waals surface area contributed by atoms with Crippen LogP contribution in [0.2, 0.25) is 5.02 Å². The predicted molar refractivity (Wildman–Crippen MR) is 71.9 cm³/mol. The van der Waals surface area contributed by atoms with Crippen molar-refractivity contribution in [1.82, 2.24) is 5.32 Å². The molecule has 0 saturated carbocycles. The molecule has 1 saturated heterocycles. The summed E-state index contributed by atoms with van der Waals surface area (Å²) in [5, 5.41) is 6.69. The Balaban J connectivity index is 1.74. The standard InChI is InChI=1S/C13H17ClN2O2/c14-10-2-1-3-12(8-10)15-9-13(17)16-11-4-6-18-7-5-11/h1-3,8,11,15H,4-7,9H2,(H,16,17). The summed E-state index contributed by atoms with van der Waals surface area (Å²) in [6.07, 6.45) is 1.78. The van der Waals surface area contributed by atoms with Crippen molar-refractivity contribution in [2.45, 2.75) is 18.9 Å². The van der Waals surface area contributed by atoms with Crippen LogP contribution < -0.4 is 10.6 Å². The monoisotopic (exact) mass is 268 g/mol.